The second-order valence-corrected chi connectivity index (χ2v) is 5.01. The number of carboxylic acids is 1. The van der Waals surface area contributed by atoms with Crippen LogP contribution in [0, 0.1) is 5.92 Å². The first-order chi connectivity index (χ1) is 9.00. The van der Waals surface area contributed by atoms with Gasteiger partial charge in [-0.3, -0.25) is 14.4 Å². The van der Waals surface area contributed by atoms with Crippen LogP contribution < -0.4 is 5.32 Å². The first-order valence-electron chi connectivity index (χ1n) is 6.74. The molecule has 1 aliphatic carbocycles. The molecular formula is C13H22N2O4. The van der Waals surface area contributed by atoms with Crippen LogP contribution in [-0.4, -0.2) is 47.9 Å². The fourth-order valence-corrected chi connectivity index (χ4v) is 2.19. The second kappa shape index (κ2) is 7.76. The quantitative estimate of drug-likeness (QED) is 0.740. The molecule has 0 aromatic rings. The Bertz CT molecular complexity index is 338. The van der Waals surface area contributed by atoms with Crippen molar-refractivity contribution >= 4 is 17.8 Å². The molecule has 0 spiro atoms. The Morgan fingerprint density at radius 2 is 1.84 bits per heavy atom. The van der Waals surface area contributed by atoms with Crippen LogP contribution in [0.3, 0.4) is 0 Å². The molecule has 19 heavy (non-hydrogen) atoms. The van der Waals surface area contributed by atoms with Crippen LogP contribution in [0.25, 0.3) is 0 Å². The van der Waals surface area contributed by atoms with Crippen molar-refractivity contribution in [3.63, 3.8) is 0 Å². The molecule has 0 radical (unpaired) electrons. The molecule has 0 aromatic heterocycles. The topological polar surface area (TPSA) is 86.7 Å². The van der Waals surface area contributed by atoms with E-state index in [1.807, 2.05) is 0 Å². The molecule has 2 N–H and O–H groups in total. The van der Waals surface area contributed by atoms with Gasteiger partial charge in [-0.15, -0.1) is 0 Å². The largest absolute Gasteiger partial charge is 0.481 e. The minimum Gasteiger partial charge on any atom is -0.481 e. The number of likely N-dealkylation sites (N-methyl/N-ethyl adjacent to an activating group) is 1. The molecule has 1 saturated carbocycles. The summed E-state index contributed by atoms with van der Waals surface area (Å²) >= 11 is 0. The lowest BCUT2D eigenvalue weighted by Gasteiger charge is -2.21. The highest BCUT2D eigenvalue weighted by Gasteiger charge is 2.21. The molecule has 0 bridgehead atoms. The number of aliphatic carboxylic acids is 1. The van der Waals surface area contributed by atoms with Crippen molar-refractivity contribution in [3.05, 3.63) is 0 Å². The van der Waals surface area contributed by atoms with Crippen LogP contribution in [0.15, 0.2) is 0 Å². The van der Waals surface area contributed by atoms with Crippen molar-refractivity contribution < 1.29 is 19.5 Å². The predicted octanol–water partition coefficient (Wildman–Crippen LogP) is 0.616. The van der Waals surface area contributed by atoms with Gasteiger partial charge in [-0.1, -0.05) is 19.3 Å². The summed E-state index contributed by atoms with van der Waals surface area (Å²) in [5.74, 6) is -1.22. The normalized spacial score (nSPS) is 15.8. The van der Waals surface area contributed by atoms with Crippen molar-refractivity contribution in [2.75, 3.05) is 20.1 Å². The van der Waals surface area contributed by atoms with Gasteiger partial charge in [0, 0.05) is 19.5 Å². The average Bonchev–Trinajstić information content (AvgIpc) is 2.42. The van der Waals surface area contributed by atoms with E-state index >= 15 is 0 Å². The molecule has 0 saturated heterocycles. The van der Waals surface area contributed by atoms with Crippen molar-refractivity contribution in [2.24, 2.45) is 5.92 Å². The van der Waals surface area contributed by atoms with Crippen LogP contribution in [0.4, 0.5) is 0 Å². The van der Waals surface area contributed by atoms with Gasteiger partial charge in [0.1, 0.15) is 0 Å². The molecule has 108 valence electrons. The third-order valence-corrected chi connectivity index (χ3v) is 3.48. The average molecular weight is 270 g/mol. The third kappa shape index (κ3) is 5.72. The van der Waals surface area contributed by atoms with E-state index in [4.69, 9.17) is 5.11 Å². The van der Waals surface area contributed by atoms with Crippen molar-refractivity contribution in [3.8, 4) is 0 Å². The number of nitrogens with one attached hydrogen (secondary N) is 1. The van der Waals surface area contributed by atoms with Gasteiger partial charge in [0.25, 0.3) is 0 Å². The monoisotopic (exact) mass is 270 g/mol. The first-order valence-corrected chi connectivity index (χ1v) is 6.74. The predicted molar refractivity (Wildman–Crippen MR) is 69.5 cm³/mol. The minimum absolute atomic E-state index is 0.0332. The van der Waals surface area contributed by atoms with E-state index in [1.54, 1.807) is 0 Å². The third-order valence-electron chi connectivity index (χ3n) is 3.48. The maximum Gasteiger partial charge on any atom is 0.305 e. The van der Waals surface area contributed by atoms with Gasteiger partial charge in [-0.05, 0) is 12.8 Å². The highest BCUT2D eigenvalue weighted by molar-refractivity contribution is 5.85. The molecule has 1 aliphatic rings. The zero-order valence-electron chi connectivity index (χ0n) is 11.4. The van der Waals surface area contributed by atoms with Gasteiger partial charge in [0.2, 0.25) is 11.8 Å². The molecule has 1 fully saturated rings. The fraction of sp³-hybridized carbons (Fsp3) is 0.769. The highest BCUT2D eigenvalue weighted by atomic mass is 16.4. The van der Waals surface area contributed by atoms with Crippen LogP contribution in [-0.2, 0) is 14.4 Å². The van der Waals surface area contributed by atoms with Gasteiger partial charge in [-0.25, -0.2) is 0 Å². The summed E-state index contributed by atoms with van der Waals surface area (Å²) in [4.78, 5) is 35.2. The Labute approximate surface area is 113 Å². The molecule has 0 atom stereocenters. The number of carboxylic acid groups (broad SMARTS) is 1. The van der Waals surface area contributed by atoms with Gasteiger partial charge in [0.15, 0.2) is 0 Å². The Kier molecular flexibility index (Phi) is 6.32. The van der Waals surface area contributed by atoms with E-state index < -0.39 is 5.97 Å². The number of carbonyl (C=O) groups is 3. The molecular weight excluding hydrogens is 248 g/mol. The molecule has 0 heterocycles. The summed E-state index contributed by atoms with van der Waals surface area (Å²) in [6.07, 6.45) is 5.04. The Morgan fingerprint density at radius 3 is 2.42 bits per heavy atom. The lowest BCUT2D eigenvalue weighted by molar-refractivity contribution is -0.138. The van der Waals surface area contributed by atoms with E-state index in [-0.39, 0.29) is 37.2 Å². The Balaban J connectivity index is 2.24. The molecule has 0 unspecified atom stereocenters. The van der Waals surface area contributed by atoms with Crippen molar-refractivity contribution in [1.29, 1.82) is 0 Å². The smallest absolute Gasteiger partial charge is 0.305 e. The molecule has 1 rings (SSSR count). The lowest BCUT2D eigenvalue weighted by Crippen LogP contribution is -2.41. The number of rotatable bonds is 6. The highest BCUT2D eigenvalue weighted by Crippen LogP contribution is 2.23. The molecule has 0 aromatic carbocycles. The Hall–Kier alpha value is -1.59. The van der Waals surface area contributed by atoms with Gasteiger partial charge in [0.05, 0.1) is 13.0 Å². The zero-order valence-corrected chi connectivity index (χ0v) is 11.4. The van der Waals surface area contributed by atoms with Crippen molar-refractivity contribution in [2.45, 2.75) is 38.5 Å². The van der Waals surface area contributed by atoms with Crippen LogP contribution in [0.1, 0.15) is 38.5 Å². The minimum atomic E-state index is -0.939. The summed E-state index contributed by atoms with van der Waals surface area (Å²) in [5.41, 5.74) is 0. The zero-order chi connectivity index (χ0) is 14.3. The number of amides is 2. The van der Waals surface area contributed by atoms with E-state index in [2.05, 4.69) is 5.32 Å². The molecule has 6 heteroatoms. The lowest BCUT2D eigenvalue weighted by atomic mass is 9.89. The van der Waals surface area contributed by atoms with Crippen molar-refractivity contribution in [1.82, 2.24) is 10.2 Å². The van der Waals surface area contributed by atoms with E-state index in [0.717, 1.165) is 25.7 Å². The molecule has 2 amide bonds. The van der Waals surface area contributed by atoms with E-state index in [0.29, 0.717) is 0 Å². The van der Waals surface area contributed by atoms with Gasteiger partial charge in [-0.2, -0.15) is 0 Å². The molecule has 0 aliphatic heterocycles. The van der Waals surface area contributed by atoms with Gasteiger partial charge < -0.3 is 15.3 Å². The summed E-state index contributed by atoms with van der Waals surface area (Å²) in [6, 6.07) is 0. The number of nitrogens with zero attached hydrogens (tertiary/aromatic N) is 1. The van der Waals surface area contributed by atoms with Crippen LogP contribution in [0.2, 0.25) is 0 Å². The van der Waals surface area contributed by atoms with Gasteiger partial charge >= 0.3 is 5.97 Å². The maximum atomic E-state index is 11.8. The summed E-state index contributed by atoms with van der Waals surface area (Å²) in [5, 5.41) is 11.2. The second-order valence-electron chi connectivity index (χ2n) is 5.01. The summed E-state index contributed by atoms with van der Waals surface area (Å²) < 4.78 is 0. The number of hydrogen-bond acceptors (Lipinski definition) is 3. The number of hydrogen-bond donors (Lipinski definition) is 2. The van der Waals surface area contributed by atoms with Crippen LogP contribution in [0.5, 0.6) is 0 Å². The Morgan fingerprint density at radius 1 is 1.21 bits per heavy atom. The van der Waals surface area contributed by atoms with E-state index in [1.165, 1.54) is 18.4 Å². The maximum absolute atomic E-state index is 11.8. The summed E-state index contributed by atoms with van der Waals surface area (Å²) in [7, 11) is 1.54. The van der Waals surface area contributed by atoms with Crippen LogP contribution >= 0.6 is 0 Å². The first kappa shape index (κ1) is 15.5. The fourth-order valence-electron chi connectivity index (χ4n) is 2.19. The standard InChI is InChI=1S/C13H22N2O4/c1-15(8-7-12(17)18)11(16)9-14-13(19)10-5-3-2-4-6-10/h10H,2-9H2,1H3,(H,14,19)(H,17,18). The number of carbonyl (C=O) groups excluding carboxylic acids is 2. The van der Waals surface area contributed by atoms with E-state index in [9.17, 15) is 14.4 Å². The SMILES string of the molecule is CN(CCC(=O)O)C(=O)CNC(=O)C1CCCCC1. The molecule has 6 nitrogen and oxygen atoms in total. The summed E-state index contributed by atoms with van der Waals surface area (Å²) in [6.45, 7) is 0.110.